The predicted molar refractivity (Wildman–Crippen MR) is 115 cm³/mol. The number of aryl methyl sites for hydroxylation is 1. The lowest BCUT2D eigenvalue weighted by molar-refractivity contribution is -0.162. The van der Waals surface area contributed by atoms with Crippen LogP contribution in [0.4, 0.5) is 5.69 Å². The van der Waals surface area contributed by atoms with Gasteiger partial charge in [-0.2, -0.15) is 0 Å². The van der Waals surface area contributed by atoms with Crippen molar-refractivity contribution < 1.29 is 24.2 Å². The highest BCUT2D eigenvalue weighted by Crippen LogP contribution is 2.31. The highest BCUT2D eigenvalue weighted by molar-refractivity contribution is 5.86. The van der Waals surface area contributed by atoms with Crippen molar-refractivity contribution in [1.29, 1.82) is 0 Å². The Hall–Kier alpha value is -3.46. The third kappa shape index (κ3) is 6.78. The number of amides is 2. The van der Waals surface area contributed by atoms with Crippen LogP contribution in [0.1, 0.15) is 23.6 Å². The first-order chi connectivity index (χ1) is 15.0. The summed E-state index contributed by atoms with van der Waals surface area (Å²) in [5.41, 5.74) is 2.90. The van der Waals surface area contributed by atoms with Gasteiger partial charge in [-0.1, -0.05) is 24.3 Å². The van der Waals surface area contributed by atoms with Crippen molar-refractivity contribution in [1.82, 2.24) is 15.2 Å². The molecular weight excluding hydrogens is 400 g/mol. The Kier molecular flexibility index (Phi) is 9.44. The fourth-order valence-corrected chi connectivity index (χ4v) is 3.32. The van der Waals surface area contributed by atoms with E-state index in [1.807, 2.05) is 43.3 Å². The molecule has 1 aliphatic rings. The van der Waals surface area contributed by atoms with Crippen molar-refractivity contribution in [3.05, 3.63) is 59.9 Å². The Balaban J connectivity index is 0.00000107. The van der Waals surface area contributed by atoms with Crippen LogP contribution >= 0.6 is 0 Å². The molecule has 1 aromatic carbocycles. The predicted octanol–water partition coefficient (Wildman–Crippen LogP) is 1.61. The summed E-state index contributed by atoms with van der Waals surface area (Å²) in [5, 5.41) is 13.1. The summed E-state index contributed by atoms with van der Waals surface area (Å²) >= 11 is 0. The Labute approximate surface area is 181 Å². The number of rotatable bonds is 7. The summed E-state index contributed by atoms with van der Waals surface area (Å²) in [6.45, 7) is 2.88. The fourth-order valence-electron chi connectivity index (χ4n) is 3.32. The van der Waals surface area contributed by atoms with Crippen LogP contribution in [0, 0.1) is 6.92 Å². The average Bonchev–Trinajstić information content (AvgIpc) is 2.77. The minimum Gasteiger partial charge on any atom is -0.483 e. The van der Waals surface area contributed by atoms with Crippen molar-refractivity contribution in [3.63, 3.8) is 0 Å². The van der Waals surface area contributed by atoms with Crippen molar-refractivity contribution >= 4 is 24.0 Å². The minimum atomic E-state index is -0.727. The number of hydrogen-bond donors (Lipinski definition) is 3. The lowest BCUT2D eigenvalue weighted by atomic mass is 9.94. The zero-order valence-electron chi connectivity index (χ0n) is 17.7. The minimum absolute atomic E-state index is 0.0838. The molecule has 0 unspecified atom stereocenters. The van der Waals surface area contributed by atoms with E-state index in [2.05, 4.69) is 15.6 Å². The first kappa shape index (κ1) is 23.8. The van der Waals surface area contributed by atoms with Crippen LogP contribution in [-0.2, 0) is 19.1 Å². The van der Waals surface area contributed by atoms with Crippen molar-refractivity contribution in [3.8, 4) is 0 Å². The molecule has 1 fully saturated rings. The summed E-state index contributed by atoms with van der Waals surface area (Å²) in [7, 11) is 1.72. The molecule has 2 heterocycles. The van der Waals surface area contributed by atoms with Gasteiger partial charge in [-0.3, -0.25) is 19.4 Å². The average molecular weight is 428 g/mol. The quantitative estimate of drug-likeness (QED) is 0.452. The van der Waals surface area contributed by atoms with E-state index in [1.54, 1.807) is 24.3 Å². The van der Waals surface area contributed by atoms with Gasteiger partial charge >= 0.3 is 0 Å². The molecule has 3 rings (SSSR count). The van der Waals surface area contributed by atoms with E-state index < -0.39 is 12.1 Å². The van der Waals surface area contributed by atoms with Crippen LogP contribution in [0.3, 0.4) is 0 Å². The van der Waals surface area contributed by atoms with E-state index in [9.17, 15) is 9.59 Å². The molecule has 9 heteroatoms. The first-order valence-corrected chi connectivity index (χ1v) is 9.91. The highest BCUT2D eigenvalue weighted by Gasteiger charge is 2.40. The molecule has 1 aliphatic heterocycles. The number of ether oxygens (including phenoxy) is 1. The zero-order chi connectivity index (χ0) is 22.6. The molecule has 2 aromatic rings. The van der Waals surface area contributed by atoms with Gasteiger partial charge in [0.2, 0.25) is 5.91 Å². The van der Waals surface area contributed by atoms with Gasteiger partial charge in [0.05, 0.1) is 11.7 Å². The van der Waals surface area contributed by atoms with E-state index in [4.69, 9.17) is 14.6 Å². The maximum Gasteiger partial charge on any atom is 0.290 e. The highest BCUT2D eigenvalue weighted by atomic mass is 16.5. The number of pyridine rings is 1. The Morgan fingerprint density at radius 3 is 2.71 bits per heavy atom. The standard InChI is InChI=1S/C21H26N4O3.CH2O2/c1-15-7-3-4-9-17(15)19-20(28-14-18(26)25(19)2)21(27)24-12-6-11-23-16-8-5-10-22-13-16;2-1-3/h3-5,7-10,13,19-20,23H,6,11-12,14H2,1-2H3,(H,24,27);1H,(H,2,3)/t19-,20+;/m1./s1. The number of anilines is 1. The number of hydrogen-bond acceptors (Lipinski definition) is 6. The molecule has 9 nitrogen and oxygen atoms in total. The maximum absolute atomic E-state index is 12.8. The lowest BCUT2D eigenvalue weighted by Gasteiger charge is -2.38. The number of carboxylic acid groups (broad SMARTS) is 1. The molecule has 2 amide bonds. The Morgan fingerprint density at radius 2 is 2.03 bits per heavy atom. The molecule has 1 aromatic heterocycles. The number of carbonyl (C=O) groups excluding carboxylic acids is 2. The number of likely N-dealkylation sites (N-methyl/N-ethyl adjacent to an activating group) is 1. The van der Waals surface area contributed by atoms with Gasteiger partial charge in [0.25, 0.3) is 12.4 Å². The van der Waals surface area contributed by atoms with Crippen LogP contribution in [0.2, 0.25) is 0 Å². The monoisotopic (exact) mass is 428 g/mol. The van der Waals surface area contributed by atoms with Gasteiger partial charge in [0, 0.05) is 32.5 Å². The third-order valence-corrected chi connectivity index (χ3v) is 4.89. The normalized spacial score (nSPS) is 17.9. The summed E-state index contributed by atoms with van der Waals surface area (Å²) in [4.78, 5) is 38.9. The van der Waals surface area contributed by atoms with Crippen molar-refractivity contribution in [2.24, 2.45) is 0 Å². The SMILES string of the molecule is Cc1ccccc1[C@@H]1[C@@H](C(=O)NCCCNc2cccnc2)OCC(=O)N1C.O=CO. The van der Waals surface area contributed by atoms with E-state index in [-0.39, 0.29) is 24.9 Å². The summed E-state index contributed by atoms with van der Waals surface area (Å²) in [6.07, 6.45) is 3.52. The van der Waals surface area contributed by atoms with Gasteiger partial charge in [0.1, 0.15) is 6.61 Å². The van der Waals surface area contributed by atoms with Gasteiger partial charge in [-0.05, 0) is 36.6 Å². The van der Waals surface area contributed by atoms with Crippen LogP contribution < -0.4 is 10.6 Å². The molecule has 3 N–H and O–H groups in total. The number of nitrogens with one attached hydrogen (secondary N) is 2. The van der Waals surface area contributed by atoms with E-state index in [1.165, 1.54) is 0 Å². The number of nitrogens with zero attached hydrogens (tertiary/aromatic N) is 2. The maximum atomic E-state index is 12.8. The Morgan fingerprint density at radius 1 is 1.29 bits per heavy atom. The number of aromatic nitrogens is 1. The van der Waals surface area contributed by atoms with E-state index >= 15 is 0 Å². The van der Waals surface area contributed by atoms with Crippen LogP contribution in [0.5, 0.6) is 0 Å². The van der Waals surface area contributed by atoms with E-state index in [0.717, 1.165) is 29.8 Å². The van der Waals surface area contributed by atoms with Crippen LogP contribution in [0.25, 0.3) is 0 Å². The molecule has 0 spiro atoms. The van der Waals surface area contributed by atoms with Gasteiger partial charge < -0.3 is 25.4 Å². The molecule has 2 atom stereocenters. The molecule has 0 saturated carbocycles. The second-order valence-electron chi connectivity index (χ2n) is 6.96. The fraction of sp³-hybridized carbons (Fsp3) is 0.364. The number of carbonyl (C=O) groups is 3. The van der Waals surface area contributed by atoms with E-state index in [0.29, 0.717) is 6.54 Å². The molecule has 166 valence electrons. The first-order valence-electron chi connectivity index (χ1n) is 9.91. The molecule has 0 radical (unpaired) electrons. The zero-order valence-corrected chi connectivity index (χ0v) is 17.7. The van der Waals surface area contributed by atoms with Crippen LogP contribution in [0.15, 0.2) is 48.8 Å². The third-order valence-electron chi connectivity index (χ3n) is 4.89. The molecule has 31 heavy (non-hydrogen) atoms. The smallest absolute Gasteiger partial charge is 0.290 e. The van der Waals surface area contributed by atoms with Crippen molar-refractivity contribution in [2.75, 3.05) is 32.1 Å². The summed E-state index contributed by atoms with van der Waals surface area (Å²) < 4.78 is 5.64. The van der Waals surface area contributed by atoms with Gasteiger partial charge in [-0.25, -0.2) is 0 Å². The van der Waals surface area contributed by atoms with Gasteiger partial charge in [0.15, 0.2) is 6.10 Å². The molecule has 0 bridgehead atoms. The Bertz CT molecular complexity index is 862. The largest absolute Gasteiger partial charge is 0.483 e. The van der Waals surface area contributed by atoms with Gasteiger partial charge in [-0.15, -0.1) is 0 Å². The second-order valence-corrected chi connectivity index (χ2v) is 6.96. The molecular formula is C22H28N4O5. The van der Waals surface area contributed by atoms with Crippen LogP contribution in [-0.4, -0.2) is 66.1 Å². The molecule has 1 saturated heterocycles. The topological polar surface area (TPSA) is 121 Å². The lowest BCUT2D eigenvalue weighted by Crippen LogP contribution is -2.53. The summed E-state index contributed by atoms with van der Waals surface area (Å²) in [5.74, 6) is -0.327. The number of morpholine rings is 1. The summed E-state index contributed by atoms with van der Waals surface area (Å²) in [6, 6.07) is 11.1. The van der Waals surface area contributed by atoms with Crippen molar-refractivity contribution in [2.45, 2.75) is 25.5 Å². The number of benzene rings is 1. The molecule has 0 aliphatic carbocycles. The second kappa shape index (κ2) is 12.3.